The highest BCUT2D eigenvalue weighted by Crippen LogP contribution is 2.25. The molecule has 0 N–H and O–H groups in total. The summed E-state index contributed by atoms with van der Waals surface area (Å²) in [5.74, 6) is 0.337. The Morgan fingerprint density at radius 3 is 2.66 bits per heavy atom. The molecule has 7 nitrogen and oxygen atoms in total. The van der Waals surface area contributed by atoms with E-state index >= 15 is 0 Å². The summed E-state index contributed by atoms with van der Waals surface area (Å²) in [7, 11) is 0. The monoisotopic (exact) mass is 413 g/mol. The number of carbonyl (C=O) groups excluding carboxylic acids is 2. The zero-order chi connectivity index (χ0) is 20.4. The zero-order valence-electron chi connectivity index (χ0n) is 17.0. The van der Waals surface area contributed by atoms with Crippen molar-refractivity contribution < 1.29 is 9.59 Å². The molecule has 2 aromatic rings. The molecule has 154 valence electrons. The number of likely N-dealkylation sites (tertiary alicyclic amines) is 2. The molecule has 4 rings (SSSR count). The van der Waals surface area contributed by atoms with Crippen LogP contribution in [0.1, 0.15) is 44.0 Å². The molecule has 0 bridgehead atoms. The van der Waals surface area contributed by atoms with Crippen LogP contribution in [0, 0.1) is 0 Å². The van der Waals surface area contributed by atoms with E-state index in [0.717, 1.165) is 24.2 Å². The van der Waals surface area contributed by atoms with Gasteiger partial charge in [-0.2, -0.15) is 0 Å². The van der Waals surface area contributed by atoms with Crippen molar-refractivity contribution in [1.82, 2.24) is 24.8 Å². The minimum absolute atomic E-state index is 0.147. The Bertz CT molecular complexity index is 873. The average Bonchev–Trinajstić information content (AvgIpc) is 3.25. The second-order valence-electron chi connectivity index (χ2n) is 8.05. The van der Waals surface area contributed by atoms with E-state index < -0.39 is 0 Å². The third-order valence-corrected chi connectivity index (χ3v) is 6.34. The smallest absolute Gasteiger partial charge is 0.227 e. The summed E-state index contributed by atoms with van der Waals surface area (Å²) in [6.45, 7) is 6.99. The number of amides is 2. The van der Waals surface area contributed by atoms with Crippen molar-refractivity contribution in [1.29, 1.82) is 0 Å². The van der Waals surface area contributed by atoms with Gasteiger partial charge in [0.05, 0.1) is 25.2 Å². The second kappa shape index (κ2) is 8.57. The molecule has 0 unspecified atom stereocenters. The topological polar surface area (TPSA) is 71.3 Å². The predicted octanol–water partition coefficient (Wildman–Crippen LogP) is 2.53. The lowest BCUT2D eigenvalue weighted by Gasteiger charge is -2.39. The van der Waals surface area contributed by atoms with E-state index in [2.05, 4.69) is 36.3 Å². The number of rotatable bonds is 7. The maximum Gasteiger partial charge on any atom is 0.227 e. The Kier molecular flexibility index (Phi) is 5.89. The summed E-state index contributed by atoms with van der Waals surface area (Å²) < 4.78 is 1.83. The minimum atomic E-state index is 0.147. The molecule has 2 aliphatic heterocycles. The Morgan fingerprint density at radius 2 is 2.00 bits per heavy atom. The van der Waals surface area contributed by atoms with Crippen LogP contribution in [-0.2, 0) is 22.6 Å². The predicted molar refractivity (Wildman–Crippen MR) is 111 cm³/mol. The van der Waals surface area contributed by atoms with Gasteiger partial charge in [-0.1, -0.05) is 31.2 Å². The summed E-state index contributed by atoms with van der Waals surface area (Å²) in [5.41, 5.74) is 1.86. The first kappa shape index (κ1) is 19.9. The molecule has 2 fully saturated rings. The normalized spacial score (nSPS) is 17.3. The fraction of sp³-hybridized carbons (Fsp3) is 0.524. The summed E-state index contributed by atoms with van der Waals surface area (Å²) >= 11 is 1.83. The fourth-order valence-electron chi connectivity index (χ4n) is 3.70. The number of benzene rings is 1. The largest absolute Gasteiger partial charge is 0.338 e. The van der Waals surface area contributed by atoms with Crippen LogP contribution in [0.5, 0.6) is 0 Å². The SMILES string of the molecule is CC(C)Sc1ccc(CC(=O)N2CC(n3cc(CN4CCCC4=O)nn3)C2)cc1. The van der Waals surface area contributed by atoms with E-state index in [4.69, 9.17) is 0 Å². The molecule has 3 heterocycles. The first-order valence-corrected chi connectivity index (χ1v) is 11.1. The van der Waals surface area contributed by atoms with Crippen molar-refractivity contribution in [2.75, 3.05) is 19.6 Å². The Balaban J connectivity index is 1.25. The zero-order valence-corrected chi connectivity index (χ0v) is 17.8. The highest BCUT2D eigenvalue weighted by atomic mass is 32.2. The standard InChI is InChI=1S/C21H27N5O2S/c1-15(2)29-19-7-5-16(6-8-19)10-21(28)25-13-18(14-25)26-12-17(22-23-26)11-24-9-3-4-20(24)27/h5-8,12,15,18H,3-4,9-11,13-14H2,1-2H3. The molecule has 0 atom stereocenters. The van der Waals surface area contributed by atoms with Crippen LogP contribution >= 0.6 is 11.8 Å². The number of thioether (sulfide) groups is 1. The summed E-state index contributed by atoms with van der Waals surface area (Å²) in [5, 5.41) is 8.95. The highest BCUT2D eigenvalue weighted by molar-refractivity contribution is 7.99. The first-order chi connectivity index (χ1) is 14.0. The molecular formula is C21H27N5O2S. The molecule has 0 radical (unpaired) electrons. The molecule has 1 aromatic carbocycles. The molecule has 2 saturated heterocycles. The molecule has 8 heteroatoms. The van der Waals surface area contributed by atoms with E-state index in [1.807, 2.05) is 44.6 Å². The van der Waals surface area contributed by atoms with Gasteiger partial charge >= 0.3 is 0 Å². The number of carbonyl (C=O) groups is 2. The molecule has 0 spiro atoms. The second-order valence-corrected chi connectivity index (χ2v) is 9.70. The van der Waals surface area contributed by atoms with Crippen molar-refractivity contribution in [2.24, 2.45) is 0 Å². The van der Waals surface area contributed by atoms with Crippen molar-refractivity contribution in [3.8, 4) is 0 Å². The van der Waals surface area contributed by atoms with E-state index in [1.54, 1.807) is 0 Å². The third-order valence-electron chi connectivity index (χ3n) is 5.32. The summed E-state index contributed by atoms with van der Waals surface area (Å²) in [6.07, 6.45) is 3.89. The van der Waals surface area contributed by atoms with Crippen LogP contribution in [0.2, 0.25) is 0 Å². The summed E-state index contributed by atoms with van der Waals surface area (Å²) in [6, 6.07) is 8.44. The lowest BCUT2D eigenvalue weighted by atomic mass is 10.1. The van der Waals surface area contributed by atoms with Crippen LogP contribution in [0.15, 0.2) is 35.4 Å². The van der Waals surface area contributed by atoms with Crippen molar-refractivity contribution in [3.63, 3.8) is 0 Å². The van der Waals surface area contributed by atoms with Crippen molar-refractivity contribution in [2.45, 2.75) is 55.8 Å². The minimum Gasteiger partial charge on any atom is -0.338 e. The van der Waals surface area contributed by atoms with Gasteiger partial charge in [0.2, 0.25) is 11.8 Å². The Hall–Kier alpha value is -2.35. The van der Waals surface area contributed by atoms with Crippen LogP contribution < -0.4 is 0 Å². The number of aromatic nitrogens is 3. The third kappa shape index (κ3) is 4.80. The van der Waals surface area contributed by atoms with Gasteiger partial charge in [-0.05, 0) is 24.1 Å². The fourth-order valence-corrected chi connectivity index (χ4v) is 4.54. The Morgan fingerprint density at radius 1 is 1.24 bits per heavy atom. The van der Waals surface area contributed by atoms with Crippen LogP contribution in [0.4, 0.5) is 0 Å². The van der Waals surface area contributed by atoms with Gasteiger partial charge < -0.3 is 9.80 Å². The van der Waals surface area contributed by atoms with E-state index in [0.29, 0.717) is 37.7 Å². The molecule has 2 amide bonds. The quantitative estimate of drug-likeness (QED) is 0.653. The maximum absolute atomic E-state index is 12.5. The van der Waals surface area contributed by atoms with Gasteiger partial charge in [0.25, 0.3) is 0 Å². The maximum atomic E-state index is 12.5. The molecule has 0 saturated carbocycles. The van der Waals surface area contributed by atoms with Gasteiger partial charge in [-0.15, -0.1) is 16.9 Å². The van der Waals surface area contributed by atoms with Gasteiger partial charge in [-0.3, -0.25) is 9.59 Å². The first-order valence-electron chi connectivity index (χ1n) is 10.2. The molecular weight excluding hydrogens is 386 g/mol. The van der Waals surface area contributed by atoms with E-state index in [9.17, 15) is 9.59 Å². The lowest BCUT2D eigenvalue weighted by molar-refractivity contribution is -0.136. The number of nitrogens with zero attached hydrogens (tertiary/aromatic N) is 5. The van der Waals surface area contributed by atoms with E-state index in [-0.39, 0.29) is 17.9 Å². The molecule has 0 aliphatic carbocycles. The number of hydrogen-bond donors (Lipinski definition) is 0. The highest BCUT2D eigenvalue weighted by Gasteiger charge is 2.33. The van der Waals surface area contributed by atoms with Crippen molar-refractivity contribution >= 4 is 23.6 Å². The van der Waals surface area contributed by atoms with Gasteiger partial charge in [-0.25, -0.2) is 4.68 Å². The van der Waals surface area contributed by atoms with Crippen LogP contribution in [-0.4, -0.2) is 61.5 Å². The van der Waals surface area contributed by atoms with Gasteiger partial charge in [0.15, 0.2) is 0 Å². The van der Waals surface area contributed by atoms with Crippen LogP contribution in [0.25, 0.3) is 0 Å². The number of hydrogen-bond acceptors (Lipinski definition) is 5. The molecule has 1 aromatic heterocycles. The molecule has 29 heavy (non-hydrogen) atoms. The van der Waals surface area contributed by atoms with Gasteiger partial charge in [0, 0.05) is 36.2 Å². The lowest BCUT2D eigenvalue weighted by Crippen LogP contribution is -2.51. The molecule has 2 aliphatic rings. The van der Waals surface area contributed by atoms with Crippen LogP contribution in [0.3, 0.4) is 0 Å². The summed E-state index contributed by atoms with van der Waals surface area (Å²) in [4.78, 5) is 29.2. The average molecular weight is 414 g/mol. The van der Waals surface area contributed by atoms with Gasteiger partial charge in [0.1, 0.15) is 5.69 Å². The van der Waals surface area contributed by atoms with E-state index in [1.165, 1.54) is 4.90 Å². The Labute approximate surface area is 175 Å². The van der Waals surface area contributed by atoms with Crippen molar-refractivity contribution in [3.05, 3.63) is 41.7 Å².